The van der Waals surface area contributed by atoms with Crippen molar-refractivity contribution in [3.8, 4) is 0 Å². The minimum Gasteiger partial charge on any atom is -0.469 e. The average Bonchev–Trinajstić information content (AvgIpc) is 2.97. The lowest BCUT2D eigenvalue weighted by atomic mass is 10.0. The molecule has 1 N–H and O–H groups in total. The van der Waals surface area contributed by atoms with Crippen LogP contribution < -0.4 is 0 Å². The molecule has 6 heteroatoms. The number of aliphatic hydroxyl groups excluding tert-OH is 1. The van der Waals surface area contributed by atoms with Gasteiger partial charge in [0.25, 0.3) is 0 Å². The van der Waals surface area contributed by atoms with E-state index in [-0.39, 0.29) is 24.6 Å². The van der Waals surface area contributed by atoms with Crippen LogP contribution in [0.2, 0.25) is 0 Å². The summed E-state index contributed by atoms with van der Waals surface area (Å²) in [6, 6.07) is 9.91. The Morgan fingerprint density at radius 1 is 1.30 bits per heavy atom. The Morgan fingerprint density at radius 2 is 2.04 bits per heavy atom. The van der Waals surface area contributed by atoms with Crippen LogP contribution in [0.5, 0.6) is 0 Å². The summed E-state index contributed by atoms with van der Waals surface area (Å²) in [7, 11) is 1.39. The smallest absolute Gasteiger partial charge is 0.309 e. The number of hydrogen-bond donors (Lipinski definition) is 1. The van der Waals surface area contributed by atoms with Gasteiger partial charge in [0.05, 0.1) is 26.2 Å². The maximum Gasteiger partial charge on any atom is 0.309 e. The Labute approximate surface area is 161 Å². The van der Waals surface area contributed by atoms with Gasteiger partial charge in [-0.05, 0) is 32.3 Å². The molecule has 150 valence electrons. The van der Waals surface area contributed by atoms with E-state index < -0.39 is 11.9 Å². The zero-order chi connectivity index (χ0) is 19.7. The third-order valence-electron chi connectivity index (χ3n) is 4.40. The molecular formula is C21H30O6. The van der Waals surface area contributed by atoms with Gasteiger partial charge in [-0.25, -0.2) is 0 Å². The second-order valence-corrected chi connectivity index (χ2v) is 7.03. The molecule has 1 heterocycles. The Morgan fingerprint density at radius 3 is 2.70 bits per heavy atom. The van der Waals surface area contributed by atoms with Crippen molar-refractivity contribution >= 4 is 5.97 Å². The van der Waals surface area contributed by atoms with Gasteiger partial charge >= 0.3 is 5.97 Å². The van der Waals surface area contributed by atoms with Gasteiger partial charge in [-0.2, -0.15) is 0 Å². The number of aliphatic hydroxyl groups is 1. The Kier molecular flexibility index (Phi) is 8.44. The molecule has 1 aliphatic rings. The second-order valence-electron chi connectivity index (χ2n) is 7.03. The third kappa shape index (κ3) is 7.07. The molecule has 1 fully saturated rings. The van der Waals surface area contributed by atoms with Crippen LogP contribution in [-0.2, 0) is 30.3 Å². The first-order valence-electron chi connectivity index (χ1n) is 9.28. The quantitative estimate of drug-likeness (QED) is 0.383. The fraction of sp³-hybridized carbons (Fsp3) is 0.571. The number of carbonyl (C=O) groups is 1. The van der Waals surface area contributed by atoms with Crippen molar-refractivity contribution in [2.24, 2.45) is 5.92 Å². The molecule has 0 amide bonds. The summed E-state index contributed by atoms with van der Waals surface area (Å²) in [5, 5.41) is 9.41. The molecule has 1 aliphatic heterocycles. The molecule has 2 rings (SSSR count). The lowest BCUT2D eigenvalue weighted by Crippen LogP contribution is -2.25. The Bertz CT molecular complexity index is 598. The van der Waals surface area contributed by atoms with Crippen molar-refractivity contribution in [3.05, 3.63) is 48.0 Å². The summed E-state index contributed by atoms with van der Waals surface area (Å²) < 4.78 is 22.0. The van der Waals surface area contributed by atoms with E-state index in [2.05, 4.69) is 0 Å². The SMILES string of the molecule is COC(=O)C(C/C=C/C1OC(C)(C)OC1CO)CCOCc1ccccc1. The van der Waals surface area contributed by atoms with Gasteiger partial charge in [-0.15, -0.1) is 0 Å². The molecule has 27 heavy (non-hydrogen) atoms. The van der Waals surface area contributed by atoms with Crippen LogP contribution in [0.25, 0.3) is 0 Å². The van der Waals surface area contributed by atoms with Crippen molar-refractivity contribution in [2.75, 3.05) is 20.3 Å². The van der Waals surface area contributed by atoms with Gasteiger partial charge in [0.1, 0.15) is 12.2 Å². The highest BCUT2D eigenvalue weighted by Crippen LogP contribution is 2.29. The Hall–Kier alpha value is -1.73. The third-order valence-corrected chi connectivity index (χ3v) is 4.40. The molecule has 0 spiro atoms. The first-order valence-corrected chi connectivity index (χ1v) is 9.28. The van der Waals surface area contributed by atoms with E-state index >= 15 is 0 Å². The maximum absolute atomic E-state index is 12.0. The fourth-order valence-electron chi connectivity index (χ4n) is 3.03. The molecule has 0 aliphatic carbocycles. The predicted octanol–water partition coefficient (Wildman–Crippen LogP) is 2.84. The molecule has 1 aromatic rings. The van der Waals surface area contributed by atoms with Crippen molar-refractivity contribution in [1.29, 1.82) is 0 Å². The van der Waals surface area contributed by atoms with Crippen LogP contribution in [0, 0.1) is 5.92 Å². The minimum absolute atomic E-state index is 0.119. The molecule has 3 unspecified atom stereocenters. The van der Waals surface area contributed by atoms with Gasteiger partial charge in [-0.3, -0.25) is 4.79 Å². The highest BCUT2D eigenvalue weighted by molar-refractivity contribution is 5.72. The van der Waals surface area contributed by atoms with Gasteiger partial charge in [-0.1, -0.05) is 42.5 Å². The average molecular weight is 378 g/mol. The van der Waals surface area contributed by atoms with Crippen molar-refractivity contribution < 1.29 is 28.8 Å². The predicted molar refractivity (Wildman–Crippen MR) is 101 cm³/mol. The van der Waals surface area contributed by atoms with Crippen LogP contribution in [0.1, 0.15) is 32.3 Å². The standard InChI is InChI=1S/C21H30O6/c1-21(2)26-18(19(14-22)27-21)11-7-10-17(20(23)24-3)12-13-25-15-16-8-5-4-6-9-16/h4-9,11,17-19,22H,10,12-15H2,1-3H3/b11-7+. The zero-order valence-electron chi connectivity index (χ0n) is 16.3. The van der Waals surface area contributed by atoms with E-state index in [9.17, 15) is 9.90 Å². The highest BCUT2D eigenvalue weighted by atomic mass is 16.8. The van der Waals surface area contributed by atoms with E-state index in [1.54, 1.807) is 0 Å². The first kappa shape index (κ1) is 21.6. The van der Waals surface area contributed by atoms with Gasteiger partial charge < -0.3 is 24.1 Å². The second kappa shape index (κ2) is 10.6. The number of benzene rings is 1. The monoisotopic (exact) mass is 378 g/mol. The van der Waals surface area contributed by atoms with Crippen LogP contribution in [-0.4, -0.2) is 49.4 Å². The van der Waals surface area contributed by atoms with Crippen LogP contribution in [0.15, 0.2) is 42.5 Å². The van der Waals surface area contributed by atoms with Gasteiger partial charge in [0.15, 0.2) is 5.79 Å². The lowest BCUT2D eigenvalue weighted by molar-refractivity contribution is -0.147. The number of ether oxygens (including phenoxy) is 4. The number of esters is 1. The Balaban J connectivity index is 1.80. The van der Waals surface area contributed by atoms with E-state index in [1.165, 1.54) is 7.11 Å². The van der Waals surface area contributed by atoms with Crippen molar-refractivity contribution in [1.82, 2.24) is 0 Å². The zero-order valence-corrected chi connectivity index (χ0v) is 16.3. The summed E-state index contributed by atoms with van der Waals surface area (Å²) in [6.45, 7) is 4.49. The van der Waals surface area contributed by atoms with E-state index in [0.717, 1.165) is 5.56 Å². The molecular weight excluding hydrogens is 348 g/mol. The fourth-order valence-corrected chi connectivity index (χ4v) is 3.03. The number of rotatable bonds is 10. The molecule has 0 bridgehead atoms. The minimum atomic E-state index is -0.727. The summed E-state index contributed by atoms with van der Waals surface area (Å²) in [6.07, 6.45) is 4.08. The largest absolute Gasteiger partial charge is 0.469 e. The number of methoxy groups -OCH3 is 1. The normalized spacial score (nSPS) is 22.8. The van der Waals surface area contributed by atoms with E-state index in [4.69, 9.17) is 18.9 Å². The molecule has 0 aromatic heterocycles. The van der Waals surface area contributed by atoms with E-state index in [0.29, 0.717) is 26.1 Å². The van der Waals surface area contributed by atoms with Crippen LogP contribution in [0.3, 0.4) is 0 Å². The summed E-state index contributed by atoms with van der Waals surface area (Å²) in [5.41, 5.74) is 1.10. The number of hydrogen-bond acceptors (Lipinski definition) is 6. The molecule has 3 atom stereocenters. The van der Waals surface area contributed by atoms with E-state index in [1.807, 2.05) is 56.3 Å². The number of allylic oxidation sites excluding steroid dienone is 1. The first-order chi connectivity index (χ1) is 12.9. The summed E-state index contributed by atoms with van der Waals surface area (Å²) in [5.74, 6) is -1.27. The van der Waals surface area contributed by atoms with Crippen molar-refractivity contribution in [2.45, 2.75) is 51.3 Å². The van der Waals surface area contributed by atoms with Crippen LogP contribution in [0.4, 0.5) is 0 Å². The molecule has 1 aromatic carbocycles. The van der Waals surface area contributed by atoms with Crippen LogP contribution >= 0.6 is 0 Å². The molecule has 6 nitrogen and oxygen atoms in total. The maximum atomic E-state index is 12.0. The topological polar surface area (TPSA) is 74.2 Å². The number of carbonyl (C=O) groups excluding carboxylic acids is 1. The molecule has 0 saturated carbocycles. The van der Waals surface area contributed by atoms with Gasteiger partial charge in [0.2, 0.25) is 0 Å². The highest BCUT2D eigenvalue weighted by Gasteiger charge is 2.39. The van der Waals surface area contributed by atoms with Crippen molar-refractivity contribution in [3.63, 3.8) is 0 Å². The summed E-state index contributed by atoms with van der Waals surface area (Å²) >= 11 is 0. The van der Waals surface area contributed by atoms with Gasteiger partial charge in [0, 0.05) is 6.61 Å². The molecule has 1 saturated heterocycles. The summed E-state index contributed by atoms with van der Waals surface area (Å²) in [4.78, 5) is 12.0. The molecule has 0 radical (unpaired) electrons. The lowest BCUT2D eigenvalue weighted by Gasteiger charge is -2.16.